The van der Waals surface area contributed by atoms with Gasteiger partial charge in [-0.2, -0.15) is 0 Å². The van der Waals surface area contributed by atoms with Crippen molar-refractivity contribution in [2.24, 2.45) is 21.7 Å². The predicted octanol–water partition coefficient (Wildman–Crippen LogP) is 8.69. The average Bonchev–Trinajstić information content (AvgIpc) is 2.29. The Morgan fingerprint density at radius 2 is 0.840 bits per heavy atom. The molecule has 0 aromatic heterocycles. The van der Waals surface area contributed by atoms with Gasteiger partial charge in [0.1, 0.15) is 0 Å². The molecule has 0 amide bonds. The van der Waals surface area contributed by atoms with E-state index < -0.39 is 8.07 Å². The third-order valence-corrected chi connectivity index (χ3v) is 14.9. The van der Waals surface area contributed by atoms with E-state index in [-0.39, 0.29) is 0 Å². The van der Waals surface area contributed by atoms with E-state index in [1.807, 2.05) is 0 Å². The van der Waals surface area contributed by atoms with Crippen LogP contribution >= 0.6 is 0 Å². The standard InChI is InChI=1S/C24H48Si/c1-18(2)25(11,19-12-21(3,4)16-22(5,6)13-19)20-14-23(7,8)17-24(9,10)15-20/h18-20H,12-17H2,1-11H3. The molecule has 0 atom stereocenters. The molecular weight excluding hydrogens is 316 g/mol. The highest BCUT2D eigenvalue weighted by molar-refractivity contribution is 6.82. The summed E-state index contributed by atoms with van der Waals surface area (Å²) in [6, 6.07) is 0. The van der Waals surface area contributed by atoms with Crippen LogP contribution in [0.5, 0.6) is 0 Å². The van der Waals surface area contributed by atoms with Crippen molar-refractivity contribution in [1.29, 1.82) is 0 Å². The predicted molar refractivity (Wildman–Crippen MR) is 117 cm³/mol. The van der Waals surface area contributed by atoms with Gasteiger partial charge in [0.2, 0.25) is 0 Å². The van der Waals surface area contributed by atoms with Gasteiger partial charge in [0, 0.05) is 0 Å². The summed E-state index contributed by atoms with van der Waals surface area (Å²) in [4.78, 5) is 0. The molecule has 1 heteroatoms. The summed E-state index contributed by atoms with van der Waals surface area (Å²) in [5, 5.41) is 0. The van der Waals surface area contributed by atoms with Gasteiger partial charge in [0.05, 0.1) is 8.07 Å². The van der Waals surface area contributed by atoms with Crippen LogP contribution in [0.4, 0.5) is 0 Å². The van der Waals surface area contributed by atoms with E-state index in [0.29, 0.717) is 21.7 Å². The quantitative estimate of drug-likeness (QED) is 0.439. The molecular formula is C24H48Si. The first-order valence-corrected chi connectivity index (χ1v) is 13.7. The highest BCUT2D eigenvalue weighted by atomic mass is 28.3. The summed E-state index contributed by atoms with van der Waals surface area (Å²) in [5.41, 5.74) is 4.99. The molecule has 0 N–H and O–H groups in total. The van der Waals surface area contributed by atoms with Crippen molar-refractivity contribution in [2.75, 3.05) is 0 Å². The number of hydrogen-bond donors (Lipinski definition) is 0. The smallest absolute Gasteiger partial charge is 0.0593 e. The third kappa shape index (κ3) is 4.74. The SMILES string of the molecule is CC(C)[Si](C)(C1CC(C)(C)CC(C)(C)C1)C1CC(C)(C)CC(C)(C)C1. The Bertz CT molecular complexity index is 410. The van der Waals surface area contributed by atoms with Gasteiger partial charge in [-0.05, 0) is 71.3 Å². The Labute approximate surface area is 161 Å². The van der Waals surface area contributed by atoms with Gasteiger partial charge in [0.25, 0.3) is 0 Å². The van der Waals surface area contributed by atoms with Gasteiger partial charge in [-0.25, -0.2) is 0 Å². The summed E-state index contributed by atoms with van der Waals surface area (Å²) >= 11 is 0. The zero-order valence-electron chi connectivity index (χ0n) is 19.5. The van der Waals surface area contributed by atoms with Crippen LogP contribution in [0.1, 0.15) is 108 Å². The lowest BCUT2D eigenvalue weighted by molar-refractivity contribution is 0.0991. The van der Waals surface area contributed by atoms with Crippen LogP contribution < -0.4 is 0 Å². The second-order valence-corrected chi connectivity index (χ2v) is 19.3. The minimum atomic E-state index is -1.38. The molecule has 25 heavy (non-hydrogen) atoms. The lowest BCUT2D eigenvalue weighted by Crippen LogP contribution is -2.52. The van der Waals surface area contributed by atoms with E-state index in [0.717, 1.165) is 16.6 Å². The molecule has 2 aliphatic carbocycles. The molecule has 2 fully saturated rings. The monoisotopic (exact) mass is 364 g/mol. The fourth-order valence-corrected chi connectivity index (χ4v) is 14.4. The van der Waals surface area contributed by atoms with E-state index in [1.165, 1.54) is 38.5 Å². The van der Waals surface area contributed by atoms with Gasteiger partial charge < -0.3 is 0 Å². The molecule has 0 unspecified atom stereocenters. The maximum atomic E-state index is 2.82. The number of rotatable bonds is 3. The Hall–Kier alpha value is 0.217. The second kappa shape index (κ2) is 6.38. The van der Waals surface area contributed by atoms with Gasteiger partial charge in [-0.3, -0.25) is 0 Å². The molecule has 0 spiro atoms. The van der Waals surface area contributed by atoms with E-state index in [4.69, 9.17) is 0 Å². The summed E-state index contributed by atoms with van der Waals surface area (Å²) in [6.45, 7) is 28.4. The van der Waals surface area contributed by atoms with Crippen molar-refractivity contribution in [2.45, 2.75) is 131 Å². The van der Waals surface area contributed by atoms with E-state index >= 15 is 0 Å². The lowest BCUT2D eigenvalue weighted by atomic mass is 9.65. The fraction of sp³-hybridized carbons (Fsp3) is 1.00. The highest BCUT2D eigenvalue weighted by Crippen LogP contribution is 2.63. The van der Waals surface area contributed by atoms with Crippen molar-refractivity contribution in [3.63, 3.8) is 0 Å². The van der Waals surface area contributed by atoms with E-state index in [1.54, 1.807) is 0 Å². The van der Waals surface area contributed by atoms with Crippen molar-refractivity contribution in [1.82, 2.24) is 0 Å². The van der Waals surface area contributed by atoms with Crippen molar-refractivity contribution >= 4 is 8.07 Å². The van der Waals surface area contributed by atoms with Gasteiger partial charge in [0.15, 0.2) is 0 Å². The summed E-state index contributed by atoms with van der Waals surface area (Å²) in [6.07, 6.45) is 8.73. The van der Waals surface area contributed by atoms with Crippen LogP contribution in [0.15, 0.2) is 0 Å². The molecule has 2 rings (SSSR count). The lowest BCUT2D eigenvalue weighted by Gasteiger charge is -2.58. The molecule has 0 saturated heterocycles. The van der Waals surface area contributed by atoms with E-state index in [9.17, 15) is 0 Å². The van der Waals surface area contributed by atoms with Crippen molar-refractivity contribution in [3.8, 4) is 0 Å². The minimum absolute atomic E-state index is 0.523. The third-order valence-electron chi connectivity index (χ3n) is 8.11. The van der Waals surface area contributed by atoms with Crippen LogP contribution in [0.3, 0.4) is 0 Å². The van der Waals surface area contributed by atoms with Crippen LogP contribution in [-0.4, -0.2) is 8.07 Å². The van der Waals surface area contributed by atoms with Gasteiger partial charge in [-0.1, -0.05) is 81.3 Å². The Kier molecular flexibility index (Phi) is 5.49. The minimum Gasteiger partial charge on any atom is -0.0686 e. The first-order valence-electron chi connectivity index (χ1n) is 11.0. The maximum absolute atomic E-state index is 2.82. The molecule has 2 saturated carbocycles. The number of hydrogen-bond acceptors (Lipinski definition) is 0. The Morgan fingerprint density at radius 3 is 1.04 bits per heavy atom. The normalized spacial score (nSPS) is 29.8. The largest absolute Gasteiger partial charge is 0.0686 e. The van der Waals surface area contributed by atoms with Crippen LogP contribution in [0.25, 0.3) is 0 Å². The zero-order chi connectivity index (χ0) is 19.5. The van der Waals surface area contributed by atoms with E-state index in [2.05, 4.69) is 75.8 Å². The molecule has 2 aliphatic rings. The summed E-state index contributed by atoms with van der Waals surface area (Å²) < 4.78 is 0. The molecule has 0 aliphatic heterocycles. The molecule has 0 nitrogen and oxygen atoms in total. The molecule has 0 aromatic rings. The first-order chi connectivity index (χ1) is 11.0. The van der Waals surface area contributed by atoms with Crippen molar-refractivity contribution in [3.05, 3.63) is 0 Å². The molecule has 148 valence electrons. The van der Waals surface area contributed by atoms with Crippen LogP contribution in [-0.2, 0) is 0 Å². The average molecular weight is 365 g/mol. The van der Waals surface area contributed by atoms with Crippen molar-refractivity contribution < 1.29 is 0 Å². The highest BCUT2D eigenvalue weighted by Gasteiger charge is 2.54. The summed E-state index contributed by atoms with van der Waals surface area (Å²) in [5.74, 6) is 0. The Balaban J connectivity index is 2.41. The molecule has 0 bridgehead atoms. The first kappa shape index (κ1) is 21.5. The molecule has 0 aromatic carbocycles. The topological polar surface area (TPSA) is 0 Å². The van der Waals surface area contributed by atoms with Crippen LogP contribution in [0, 0.1) is 21.7 Å². The Morgan fingerprint density at radius 1 is 0.600 bits per heavy atom. The summed E-state index contributed by atoms with van der Waals surface area (Å²) in [7, 11) is -1.38. The second-order valence-electron chi connectivity index (χ2n) is 13.7. The maximum Gasteiger partial charge on any atom is 0.0593 e. The van der Waals surface area contributed by atoms with Crippen LogP contribution in [0.2, 0.25) is 23.2 Å². The zero-order valence-corrected chi connectivity index (χ0v) is 20.5. The molecule has 0 heterocycles. The fourth-order valence-electron chi connectivity index (χ4n) is 7.85. The van der Waals surface area contributed by atoms with Gasteiger partial charge >= 0.3 is 0 Å². The van der Waals surface area contributed by atoms with Gasteiger partial charge in [-0.15, -0.1) is 0 Å². The molecule has 0 radical (unpaired) electrons.